The van der Waals surface area contributed by atoms with E-state index >= 15 is 0 Å². The van der Waals surface area contributed by atoms with Crippen molar-refractivity contribution in [2.24, 2.45) is 5.92 Å². The van der Waals surface area contributed by atoms with Crippen LogP contribution in [0.15, 0.2) is 12.1 Å². The number of fused-ring (bicyclic) bond motifs is 1. The van der Waals surface area contributed by atoms with Gasteiger partial charge in [-0.1, -0.05) is 6.07 Å². The van der Waals surface area contributed by atoms with Gasteiger partial charge in [-0.05, 0) is 75.8 Å². The third kappa shape index (κ3) is 5.25. The van der Waals surface area contributed by atoms with Crippen molar-refractivity contribution in [3.8, 4) is 0 Å². The molecule has 0 atom stereocenters. The van der Waals surface area contributed by atoms with Crippen LogP contribution in [0.25, 0.3) is 0 Å². The molecular formula is C25H33F2N5O. The first-order valence-electron chi connectivity index (χ1n) is 11.9. The third-order valence-corrected chi connectivity index (χ3v) is 6.84. The lowest BCUT2D eigenvalue weighted by Gasteiger charge is -2.30. The van der Waals surface area contributed by atoms with Gasteiger partial charge in [0.2, 0.25) is 5.95 Å². The summed E-state index contributed by atoms with van der Waals surface area (Å²) in [5, 5.41) is 6.31. The second kappa shape index (κ2) is 10.0. The van der Waals surface area contributed by atoms with Crippen molar-refractivity contribution in [3.05, 3.63) is 46.2 Å². The van der Waals surface area contributed by atoms with Gasteiger partial charge < -0.3 is 15.5 Å². The molecule has 0 aliphatic heterocycles. The highest BCUT2D eigenvalue weighted by Crippen LogP contribution is 2.30. The minimum atomic E-state index is -1.08. The number of nitrogens with zero attached hydrogens (tertiary/aromatic N) is 3. The quantitative estimate of drug-likeness (QED) is 0.673. The van der Waals surface area contributed by atoms with Crippen LogP contribution in [-0.2, 0) is 12.8 Å². The van der Waals surface area contributed by atoms with Crippen molar-refractivity contribution in [2.75, 3.05) is 30.9 Å². The number of aryl methyl sites for hydroxylation is 2. The molecule has 0 radical (unpaired) electrons. The van der Waals surface area contributed by atoms with Crippen molar-refractivity contribution in [1.29, 1.82) is 0 Å². The van der Waals surface area contributed by atoms with Gasteiger partial charge in [-0.15, -0.1) is 0 Å². The summed E-state index contributed by atoms with van der Waals surface area (Å²) in [4.78, 5) is 24.0. The lowest BCUT2D eigenvalue weighted by atomic mass is 9.86. The fraction of sp³-hybridized carbons (Fsp3) is 0.560. The predicted octanol–water partition coefficient (Wildman–Crippen LogP) is 4.41. The highest BCUT2D eigenvalue weighted by atomic mass is 19.2. The second-order valence-electron chi connectivity index (χ2n) is 9.53. The van der Waals surface area contributed by atoms with Crippen LogP contribution in [0.2, 0.25) is 0 Å². The first-order valence-corrected chi connectivity index (χ1v) is 11.9. The maximum absolute atomic E-state index is 14.1. The van der Waals surface area contributed by atoms with Crippen LogP contribution >= 0.6 is 0 Å². The number of halogens is 2. The maximum Gasteiger partial charge on any atom is 0.254 e. The number of hydrogen-bond acceptors (Lipinski definition) is 5. The van der Waals surface area contributed by atoms with Crippen LogP contribution in [0, 0.1) is 24.5 Å². The predicted molar refractivity (Wildman–Crippen MR) is 126 cm³/mol. The van der Waals surface area contributed by atoms with E-state index in [0.717, 1.165) is 44.3 Å². The molecule has 2 aromatic rings. The molecule has 0 saturated heterocycles. The van der Waals surface area contributed by atoms with Gasteiger partial charge in [0.25, 0.3) is 5.91 Å². The number of carbonyl (C=O) groups is 1. The van der Waals surface area contributed by atoms with Gasteiger partial charge in [-0.2, -0.15) is 4.98 Å². The first kappa shape index (κ1) is 23.4. The van der Waals surface area contributed by atoms with Gasteiger partial charge >= 0.3 is 0 Å². The van der Waals surface area contributed by atoms with E-state index in [1.165, 1.54) is 43.2 Å². The monoisotopic (exact) mass is 457 g/mol. The van der Waals surface area contributed by atoms with Crippen LogP contribution in [0.1, 0.15) is 65.7 Å². The maximum atomic E-state index is 14.1. The van der Waals surface area contributed by atoms with Crippen LogP contribution < -0.4 is 15.5 Å². The smallest absolute Gasteiger partial charge is 0.254 e. The van der Waals surface area contributed by atoms with Crippen LogP contribution in [0.3, 0.4) is 0 Å². The number of rotatable bonds is 6. The van der Waals surface area contributed by atoms with E-state index in [0.29, 0.717) is 18.4 Å². The average molecular weight is 458 g/mol. The Balaban J connectivity index is 1.30. The molecule has 33 heavy (non-hydrogen) atoms. The molecule has 0 spiro atoms. The number of benzene rings is 1. The van der Waals surface area contributed by atoms with Crippen LogP contribution in [0.4, 0.5) is 20.5 Å². The largest absolute Gasteiger partial charge is 0.362 e. The van der Waals surface area contributed by atoms with Crippen LogP contribution in [-0.4, -0.2) is 42.6 Å². The summed E-state index contributed by atoms with van der Waals surface area (Å²) in [7, 11) is 4.05. The lowest BCUT2D eigenvalue weighted by molar-refractivity contribution is 0.0938. The van der Waals surface area contributed by atoms with Gasteiger partial charge in [0, 0.05) is 32.2 Å². The molecule has 1 saturated carbocycles. The van der Waals surface area contributed by atoms with E-state index in [4.69, 9.17) is 9.97 Å². The van der Waals surface area contributed by atoms with Crippen molar-refractivity contribution in [3.63, 3.8) is 0 Å². The summed E-state index contributed by atoms with van der Waals surface area (Å²) in [6.45, 7) is 1.93. The number of aromatic nitrogens is 2. The molecule has 4 rings (SSSR count). The fourth-order valence-corrected chi connectivity index (χ4v) is 4.86. The van der Waals surface area contributed by atoms with E-state index in [1.54, 1.807) is 0 Å². The number of nitrogens with one attached hydrogen (secondary N) is 2. The molecular weight excluding hydrogens is 424 g/mol. The summed E-state index contributed by atoms with van der Waals surface area (Å²) in [6, 6.07) is 3.05. The van der Waals surface area contributed by atoms with Crippen molar-refractivity contribution < 1.29 is 13.6 Å². The van der Waals surface area contributed by atoms with E-state index in [-0.39, 0.29) is 17.2 Å². The van der Waals surface area contributed by atoms with E-state index < -0.39 is 17.5 Å². The first-order chi connectivity index (χ1) is 15.8. The molecule has 1 aromatic carbocycles. The van der Waals surface area contributed by atoms with Gasteiger partial charge in [-0.3, -0.25) is 4.79 Å². The SMILES string of the molecule is Cc1ccc(C(=O)NCC2CCC(Nc3nc4c(c(N(C)C)n3)CCCC4)CC2)c(F)c1F. The van der Waals surface area contributed by atoms with Gasteiger partial charge in [0.1, 0.15) is 5.82 Å². The fourth-order valence-electron chi connectivity index (χ4n) is 4.86. The Morgan fingerprint density at radius 1 is 1.06 bits per heavy atom. The molecule has 2 N–H and O–H groups in total. The number of hydrogen-bond donors (Lipinski definition) is 2. The Bertz CT molecular complexity index is 1020. The molecule has 1 fully saturated rings. The molecule has 0 unspecified atom stereocenters. The van der Waals surface area contributed by atoms with Crippen LogP contribution in [0.5, 0.6) is 0 Å². The summed E-state index contributed by atoms with van der Waals surface area (Å²) >= 11 is 0. The Morgan fingerprint density at radius 2 is 1.79 bits per heavy atom. The molecule has 8 heteroatoms. The molecule has 1 aromatic heterocycles. The molecule has 1 amide bonds. The highest BCUT2D eigenvalue weighted by Gasteiger charge is 2.25. The van der Waals surface area contributed by atoms with E-state index in [2.05, 4.69) is 15.5 Å². The Morgan fingerprint density at radius 3 is 2.52 bits per heavy atom. The van der Waals surface area contributed by atoms with Gasteiger partial charge in [0.05, 0.1) is 11.3 Å². The molecule has 1 heterocycles. The minimum Gasteiger partial charge on any atom is -0.362 e. The number of carbonyl (C=O) groups excluding carboxylic acids is 1. The standard InChI is InChI=1S/C25H33F2N5O/c1-15-8-13-19(22(27)21(15)26)24(33)28-14-16-9-11-17(12-10-16)29-25-30-20-7-5-4-6-18(20)23(31-25)32(2)3/h8,13,16-17H,4-7,9-12,14H2,1-3H3,(H,28,33)(H,29,30,31). The summed E-state index contributed by atoms with van der Waals surface area (Å²) < 4.78 is 27.8. The summed E-state index contributed by atoms with van der Waals surface area (Å²) in [5.74, 6) is -0.581. The zero-order valence-electron chi connectivity index (χ0n) is 19.7. The second-order valence-corrected chi connectivity index (χ2v) is 9.53. The molecule has 6 nitrogen and oxygen atoms in total. The van der Waals surface area contributed by atoms with E-state index in [9.17, 15) is 13.6 Å². The molecule has 2 aliphatic rings. The zero-order valence-corrected chi connectivity index (χ0v) is 19.7. The van der Waals surface area contributed by atoms with Gasteiger partial charge in [0.15, 0.2) is 11.6 Å². The Hall–Kier alpha value is -2.77. The average Bonchev–Trinajstić information content (AvgIpc) is 2.81. The minimum absolute atomic E-state index is 0.190. The number of anilines is 2. The molecule has 0 bridgehead atoms. The Labute approximate surface area is 194 Å². The van der Waals surface area contributed by atoms with E-state index in [1.807, 2.05) is 14.1 Å². The summed E-state index contributed by atoms with van der Waals surface area (Å²) in [5.41, 5.74) is 2.39. The topological polar surface area (TPSA) is 70.2 Å². The Kier molecular flexibility index (Phi) is 7.10. The molecule has 178 valence electrons. The molecule has 2 aliphatic carbocycles. The van der Waals surface area contributed by atoms with Gasteiger partial charge in [-0.25, -0.2) is 13.8 Å². The number of amides is 1. The summed E-state index contributed by atoms with van der Waals surface area (Å²) in [6.07, 6.45) is 8.19. The lowest BCUT2D eigenvalue weighted by Crippen LogP contribution is -2.34. The highest BCUT2D eigenvalue weighted by molar-refractivity contribution is 5.94. The third-order valence-electron chi connectivity index (χ3n) is 6.84. The van der Waals surface area contributed by atoms with Crippen molar-refractivity contribution in [1.82, 2.24) is 15.3 Å². The zero-order chi connectivity index (χ0) is 23.5. The van der Waals surface area contributed by atoms with Crippen molar-refractivity contribution in [2.45, 2.75) is 64.3 Å². The van der Waals surface area contributed by atoms with Crippen molar-refractivity contribution >= 4 is 17.7 Å². The normalized spacial score (nSPS) is 20.2.